The van der Waals surface area contributed by atoms with Crippen LogP contribution in [-0.2, 0) is 37.0 Å². The summed E-state index contributed by atoms with van der Waals surface area (Å²) in [5, 5.41) is 24.7. The Kier molecular flexibility index (Phi) is 18.9. The monoisotopic (exact) mass is 811 g/mol. The fourth-order valence-electron chi connectivity index (χ4n) is 6.14. The predicted octanol–water partition coefficient (Wildman–Crippen LogP) is 6.14. The van der Waals surface area contributed by atoms with E-state index >= 15 is 0 Å². The van der Waals surface area contributed by atoms with Crippen molar-refractivity contribution in [1.29, 1.82) is 0 Å². The molecule has 0 fully saturated rings. The Morgan fingerprint density at radius 2 is 1.55 bits per heavy atom. The number of carbonyl (C=O) groups is 4. The summed E-state index contributed by atoms with van der Waals surface area (Å²) in [5.41, 5.74) is 3.60. The lowest BCUT2D eigenvalue weighted by Crippen LogP contribution is -2.45. The summed E-state index contributed by atoms with van der Waals surface area (Å²) in [5.74, 6) is 1.45. The second-order valence-electron chi connectivity index (χ2n) is 15.1. The summed E-state index contributed by atoms with van der Waals surface area (Å²) in [7, 11) is 4.59. The summed E-state index contributed by atoms with van der Waals surface area (Å²) in [6.07, 6.45) is 2.99. The van der Waals surface area contributed by atoms with Crippen molar-refractivity contribution in [2.75, 3.05) is 36.7 Å². The van der Waals surface area contributed by atoms with Crippen molar-refractivity contribution < 1.29 is 29.0 Å². The number of aliphatic hydroxyl groups excluding tert-OH is 1. The van der Waals surface area contributed by atoms with Crippen LogP contribution in [0.3, 0.4) is 0 Å². The summed E-state index contributed by atoms with van der Waals surface area (Å²) >= 11 is 0. The van der Waals surface area contributed by atoms with Crippen LogP contribution in [0.15, 0.2) is 48.5 Å². The van der Waals surface area contributed by atoms with Gasteiger partial charge in [-0.05, 0) is 79.4 Å². The number of aromatic nitrogens is 3. The van der Waals surface area contributed by atoms with E-state index in [1.165, 1.54) is 0 Å². The first-order valence-corrected chi connectivity index (χ1v) is 21.8. The van der Waals surface area contributed by atoms with Crippen LogP contribution in [0.4, 0.5) is 5.69 Å². The van der Waals surface area contributed by atoms with Crippen LogP contribution in [0.5, 0.6) is 0 Å². The molecule has 0 saturated carbocycles. The van der Waals surface area contributed by atoms with Gasteiger partial charge >= 0.3 is 0 Å². The maximum absolute atomic E-state index is 14.0. The minimum Gasteiger partial charge on any atom is -0.400 e. The Hall–Kier alpha value is -3.92. The van der Waals surface area contributed by atoms with Gasteiger partial charge in [0.15, 0.2) is 0 Å². The smallest absolute Gasteiger partial charge is 0.241 e. The first-order chi connectivity index (χ1) is 26.7. The molecule has 56 heavy (non-hydrogen) atoms. The Morgan fingerprint density at radius 3 is 2.27 bits per heavy atom. The van der Waals surface area contributed by atoms with E-state index in [0.29, 0.717) is 37.4 Å². The molecule has 0 bridgehead atoms. The average molecular weight is 812 g/mol. The number of nitrogens with zero attached hydrogens (tertiary/aromatic N) is 4. The van der Waals surface area contributed by atoms with Gasteiger partial charge in [0.05, 0.1) is 23.5 Å². The third kappa shape index (κ3) is 14.5. The van der Waals surface area contributed by atoms with E-state index in [0.717, 1.165) is 53.8 Å². The summed E-state index contributed by atoms with van der Waals surface area (Å²) in [6, 6.07) is 15.5. The molecule has 4 rings (SSSR count). The number of nitrogens with one attached hydrogen (secondary N) is 3. The number of fused-ring (bicyclic) bond motifs is 5. The topological polar surface area (TPSA) is 168 Å². The molecule has 0 aliphatic carbocycles. The number of likely N-dealkylation sites (N-methyl/N-ethyl adjacent to an activating group) is 1. The molecular weight excluding hydrogens is 751 g/mol. The second kappa shape index (κ2) is 22.7. The van der Waals surface area contributed by atoms with E-state index in [1.54, 1.807) is 31.2 Å². The molecule has 0 spiro atoms. The van der Waals surface area contributed by atoms with Gasteiger partial charge in [-0.2, -0.15) is 0 Å². The van der Waals surface area contributed by atoms with Gasteiger partial charge in [-0.25, -0.2) is 4.68 Å². The van der Waals surface area contributed by atoms with Gasteiger partial charge in [-0.3, -0.25) is 19.2 Å². The number of aliphatic hydroxyl groups is 1. The standard InChI is InChI=1S/C40H57N7O5S2.CH4O/c1-8-41-35(50)27-47-38-30-15-10-9-14-29(30)26-46(32-17-12-11-16-31(32)37(38)44-45-47)36(51)20-19-34(49)43-39(4,5)21-23-52-40(6,7)22-25-54-53-24-13-18-33(48)42-28(2)3;1-2/h9-12,14-17,28H,8,13,18-27H2,1-7H3,(H,41,50)(H,42,48)(H,43,49);2H,1H3. The van der Waals surface area contributed by atoms with Gasteiger partial charge < -0.3 is 30.7 Å². The van der Waals surface area contributed by atoms with Crippen LogP contribution in [-0.4, -0.2) is 92.7 Å². The van der Waals surface area contributed by atoms with E-state index in [-0.39, 0.29) is 61.2 Å². The molecule has 0 saturated heterocycles. The summed E-state index contributed by atoms with van der Waals surface area (Å²) in [6.45, 7) is 15.2. The minimum atomic E-state index is -0.523. The van der Waals surface area contributed by atoms with Crippen molar-refractivity contribution in [2.45, 2.75) is 117 Å². The highest BCUT2D eigenvalue weighted by atomic mass is 33.1. The van der Waals surface area contributed by atoms with Gasteiger partial charge in [-0.15, -0.1) is 5.10 Å². The molecule has 2 aromatic carbocycles. The molecule has 15 heteroatoms. The second-order valence-corrected chi connectivity index (χ2v) is 17.8. The molecule has 2 heterocycles. The number of para-hydroxylation sites is 1. The zero-order chi connectivity index (χ0) is 41.3. The SMILES string of the molecule is CCNC(=O)Cn1nnc2c1-c1ccccc1CN(C(=O)CCC(=O)NC(C)(C)CCOC(C)(C)CCSSCCCC(=O)NC(C)C)c1ccccc1-2.CO. The number of hydrogen-bond acceptors (Lipinski definition) is 10. The van der Waals surface area contributed by atoms with E-state index in [9.17, 15) is 19.2 Å². The Bertz CT molecular complexity index is 1750. The van der Waals surface area contributed by atoms with Gasteiger partial charge in [0.2, 0.25) is 23.6 Å². The lowest BCUT2D eigenvalue weighted by Gasteiger charge is -2.31. The number of amides is 4. The number of anilines is 1. The van der Waals surface area contributed by atoms with Gasteiger partial charge in [-0.1, -0.05) is 69.3 Å². The predicted molar refractivity (Wildman–Crippen MR) is 227 cm³/mol. The highest BCUT2D eigenvalue weighted by Gasteiger charge is 2.30. The van der Waals surface area contributed by atoms with Crippen molar-refractivity contribution in [3.8, 4) is 22.5 Å². The molecule has 4 N–H and O–H groups in total. The van der Waals surface area contributed by atoms with E-state index in [4.69, 9.17) is 9.84 Å². The molecule has 4 amide bonds. The number of carbonyl (C=O) groups excluding carboxylic acids is 4. The van der Waals surface area contributed by atoms with E-state index in [1.807, 2.05) is 83.1 Å². The molecule has 0 unspecified atom stereocenters. The lowest BCUT2D eigenvalue weighted by molar-refractivity contribution is -0.126. The van der Waals surface area contributed by atoms with E-state index < -0.39 is 5.54 Å². The van der Waals surface area contributed by atoms with E-state index in [2.05, 4.69) is 40.1 Å². The van der Waals surface area contributed by atoms with Crippen molar-refractivity contribution in [3.05, 3.63) is 54.1 Å². The van der Waals surface area contributed by atoms with Crippen LogP contribution in [0, 0.1) is 0 Å². The normalized spacial score (nSPS) is 12.3. The van der Waals surface area contributed by atoms with Gasteiger partial charge in [0.1, 0.15) is 12.2 Å². The quantitative estimate of drug-likeness (QED) is 0.0769. The summed E-state index contributed by atoms with van der Waals surface area (Å²) in [4.78, 5) is 53.2. The fourth-order valence-corrected chi connectivity index (χ4v) is 8.52. The first kappa shape index (κ1) is 46.5. The average Bonchev–Trinajstić information content (AvgIpc) is 3.54. The number of benzene rings is 2. The molecule has 308 valence electrons. The molecular formula is C41H61N7O6S2. The Morgan fingerprint density at radius 1 is 0.875 bits per heavy atom. The number of ether oxygens (including phenoxy) is 1. The van der Waals surface area contributed by atoms with Crippen LogP contribution < -0.4 is 20.9 Å². The van der Waals surface area contributed by atoms with Crippen LogP contribution in [0.1, 0.15) is 92.6 Å². The van der Waals surface area contributed by atoms with Gasteiger partial charge in [0.25, 0.3) is 0 Å². The third-order valence-electron chi connectivity index (χ3n) is 8.97. The molecule has 1 aliphatic heterocycles. The largest absolute Gasteiger partial charge is 0.400 e. The molecule has 13 nitrogen and oxygen atoms in total. The molecule has 3 aromatic rings. The Labute approximate surface area is 340 Å². The molecule has 1 aliphatic rings. The number of hydrogen-bond donors (Lipinski definition) is 4. The maximum Gasteiger partial charge on any atom is 0.241 e. The van der Waals surface area contributed by atoms with Gasteiger partial charge in [0, 0.05) is 73.7 Å². The van der Waals surface area contributed by atoms with Crippen LogP contribution in [0.2, 0.25) is 0 Å². The number of rotatable bonds is 20. The highest BCUT2D eigenvalue weighted by Crippen LogP contribution is 2.41. The Balaban J connectivity index is 0.00000414. The summed E-state index contributed by atoms with van der Waals surface area (Å²) < 4.78 is 7.86. The van der Waals surface area contributed by atoms with Crippen LogP contribution >= 0.6 is 21.6 Å². The zero-order valence-corrected chi connectivity index (χ0v) is 35.9. The maximum atomic E-state index is 14.0. The van der Waals surface area contributed by atoms with Crippen molar-refractivity contribution in [2.24, 2.45) is 0 Å². The van der Waals surface area contributed by atoms with Crippen LogP contribution in [0.25, 0.3) is 22.5 Å². The minimum absolute atomic E-state index is 0.0199. The fraction of sp³-hybridized carbons (Fsp3) is 0.561. The lowest BCUT2D eigenvalue weighted by atomic mass is 9.95. The third-order valence-corrected chi connectivity index (χ3v) is 11.5. The molecule has 0 atom stereocenters. The van der Waals surface area contributed by atoms with Crippen molar-refractivity contribution >= 4 is 50.9 Å². The van der Waals surface area contributed by atoms with Crippen molar-refractivity contribution in [3.63, 3.8) is 0 Å². The molecule has 0 radical (unpaired) electrons. The van der Waals surface area contributed by atoms with Crippen molar-refractivity contribution in [1.82, 2.24) is 30.9 Å². The zero-order valence-electron chi connectivity index (χ0n) is 34.3. The highest BCUT2D eigenvalue weighted by molar-refractivity contribution is 8.76. The molecule has 1 aromatic heterocycles. The first-order valence-electron chi connectivity index (χ1n) is 19.3.